The number of carbonyl (C=O) groups excluding carboxylic acids is 1. The maximum absolute atomic E-state index is 12.0. The van der Waals surface area contributed by atoms with E-state index < -0.39 is 0 Å². The molecular formula is C12H13ClN4O2. The Kier molecular flexibility index (Phi) is 4.01. The Hall–Kier alpha value is -2.08. The minimum atomic E-state index is -0.306. The van der Waals surface area contributed by atoms with Gasteiger partial charge in [-0.1, -0.05) is 11.6 Å². The van der Waals surface area contributed by atoms with Gasteiger partial charge in [0.25, 0.3) is 5.91 Å². The molecule has 0 radical (unpaired) electrons. The van der Waals surface area contributed by atoms with Gasteiger partial charge in [0, 0.05) is 13.2 Å². The predicted octanol–water partition coefficient (Wildman–Crippen LogP) is 2.00. The summed E-state index contributed by atoms with van der Waals surface area (Å²) in [5.41, 5.74) is 0.351. The highest BCUT2D eigenvalue weighted by atomic mass is 35.5. The first-order chi connectivity index (χ1) is 9.10. The first kappa shape index (κ1) is 13.4. The van der Waals surface area contributed by atoms with Crippen molar-refractivity contribution in [2.24, 2.45) is 0 Å². The zero-order chi connectivity index (χ0) is 13.8. The standard InChI is InChI=1S/C12H13ClN4O2/c1-7-4-16-11(19-7)6-17-12(18)8-3-10(14-2)15-5-9(8)13/h3-5H,6H2,1-2H3,(H,14,15)(H,17,18). The number of aromatic nitrogens is 2. The van der Waals surface area contributed by atoms with Gasteiger partial charge in [0.15, 0.2) is 0 Å². The fraction of sp³-hybridized carbons (Fsp3) is 0.250. The molecule has 19 heavy (non-hydrogen) atoms. The molecule has 0 atom stereocenters. The lowest BCUT2D eigenvalue weighted by Gasteiger charge is -2.06. The molecule has 100 valence electrons. The fourth-order valence-corrected chi connectivity index (χ4v) is 1.67. The number of anilines is 1. The van der Waals surface area contributed by atoms with Crippen LogP contribution in [-0.2, 0) is 6.54 Å². The molecule has 0 unspecified atom stereocenters. The van der Waals surface area contributed by atoms with Gasteiger partial charge < -0.3 is 15.1 Å². The van der Waals surface area contributed by atoms with Crippen molar-refractivity contribution in [3.8, 4) is 0 Å². The summed E-state index contributed by atoms with van der Waals surface area (Å²) in [6, 6.07) is 1.58. The van der Waals surface area contributed by atoms with Gasteiger partial charge >= 0.3 is 0 Å². The van der Waals surface area contributed by atoms with Crippen molar-refractivity contribution in [2.75, 3.05) is 12.4 Å². The van der Waals surface area contributed by atoms with Crippen LogP contribution in [0, 0.1) is 6.92 Å². The van der Waals surface area contributed by atoms with Crippen LogP contribution < -0.4 is 10.6 Å². The number of oxazole rings is 1. The number of nitrogens with zero attached hydrogens (tertiary/aromatic N) is 2. The summed E-state index contributed by atoms with van der Waals surface area (Å²) in [5, 5.41) is 5.82. The quantitative estimate of drug-likeness (QED) is 0.895. The third kappa shape index (κ3) is 3.23. The largest absolute Gasteiger partial charge is 0.444 e. The number of hydrogen-bond acceptors (Lipinski definition) is 5. The van der Waals surface area contributed by atoms with Gasteiger partial charge in [-0.05, 0) is 13.0 Å². The van der Waals surface area contributed by atoms with Crippen molar-refractivity contribution >= 4 is 23.3 Å². The zero-order valence-corrected chi connectivity index (χ0v) is 11.3. The molecule has 0 aliphatic rings. The van der Waals surface area contributed by atoms with E-state index >= 15 is 0 Å². The molecule has 2 aromatic heterocycles. The van der Waals surface area contributed by atoms with E-state index in [-0.39, 0.29) is 12.5 Å². The van der Waals surface area contributed by atoms with Crippen LogP contribution in [0.25, 0.3) is 0 Å². The molecule has 0 saturated heterocycles. The SMILES string of the molecule is CNc1cc(C(=O)NCc2ncc(C)o2)c(Cl)cn1. The minimum Gasteiger partial charge on any atom is -0.444 e. The molecule has 0 bridgehead atoms. The third-order valence-electron chi connectivity index (χ3n) is 2.43. The van der Waals surface area contributed by atoms with Crippen LogP contribution in [0.4, 0.5) is 5.82 Å². The first-order valence-corrected chi connectivity index (χ1v) is 6.00. The topological polar surface area (TPSA) is 80.0 Å². The molecule has 2 rings (SSSR count). The van der Waals surface area contributed by atoms with Gasteiger partial charge in [-0.2, -0.15) is 0 Å². The minimum absolute atomic E-state index is 0.209. The zero-order valence-electron chi connectivity index (χ0n) is 10.5. The Bertz CT molecular complexity index is 597. The number of pyridine rings is 1. The predicted molar refractivity (Wildman–Crippen MR) is 71.2 cm³/mol. The number of nitrogens with one attached hydrogen (secondary N) is 2. The van der Waals surface area contributed by atoms with E-state index in [0.29, 0.717) is 28.1 Å². The van der Waals surface area contributed by atoms with Gasteiger partial charge in [0.2, 0.25) is 5.89 Å². The average molecular weight is 281 g/mol. The van der Waals surface area contributed by atoms with Gasteiger partial charge in [-0.25, -0.2) is 9.97 Å². The Morgan fingerprint density at radius 2 is 2.21 bits per heavy atom. The maximum atomic E-state index is 12.0. The number of rotatable bonds is 4. The van der Waals surface area contributed by atoms with Crippen molar-refractivity contribution in [1.29, 1.82) is 0 Å². The lowest BCUT2D eigenvalue weighted by Crippen LogP contribution is -2.23. The molecule has 6 nitrogen and oxygen atoms in total. The first-order valence-electron chi connectivity index (χ1n) is 5.63. The van der Waals surface area contributed by atoms with Crippen LogP contribution in [0.3, 0.4) is 0 Å². The van der Waals surface area contributed by atoms with E-state index in [1.165, 1.54) is 6.20 Å². The Morgan fingerprint density at radius 3 is 2.84 bits per heavy atom. The lowest BCUT2D eigenvalue weighted by molar-refractivity contribution is 0.0947. The summed E-state index contributed by atoms with van der Waals surface area (Å²) < 4.78 is 5.26. The second-order valence-corrected chi connectivity index (χ2v) is 4.25. The molecule has 7 heteroatoms. The molecule has 0 fully saturated rings. The van der Waals surface area contributed by atoms with Crippen LogP contribution in [0.15, 0.2) is 22.9 Å². The molecule has 2 heterocycles. The van der Waals surface area contributed by atoms with Gasteiger partial charge in [-0.3, -0.25) is 4.79 Å². The van der Waals surface area contributed by atoms with Crippen LogP contribution in [0.1, 0.15) is 22.0 Å². The van der Waals surface area contributed by atoms with Gasteiger partial charge in [0.05, 0.1) is 23.3 Å². The fourth-order valence-electron chi connectivity index (χ4n) is 1.48. The number of amides is 1. The Labute approximate surface area is 115 Å². The molecule has 0 saturated carbocycles. The van der Waals surface area contributed by atoms with Crippen LogP contribution in [0.2, 0.25) is 5.02 Å². The Balaban J connectivity index is 2.07. The molecule has 0 aromatic carbocycles. The van der Waals surface area contributed by atoms with Crippen LogP contribution in [-0.4, -0.2) is 22.9 Å². The summed E-state index contributed by atoms with van der Waals surface area (Å²) >= 11 is 5.94. The summed E-state index contributed by atoms with van der Waals surface area (Å²) in [4.78, 5) is 20.0. The molecule has 0 aliphatic carbocycles. The summed E-state index contributed by atoms with van der Waals surface area (Å²) in [6.45, 7) is 2.00. The highest BCUT2D eigenvalue weighted by molar-refractivity contribution is 6.33. The smallest absolute Gasteiger partial charge is 0.253 e. The normalized spacial score (nSPS) is 10.3. The van der Waals surface area contributed by atoms with E-state index in [1.54, 1.807) is 26.2 Å². The highest BCUT2D eigenvalue weighted by Crippen LogP contribution is 2.17. The van der Waals surface area contributed by atoms with Crippen molar-refractivity contribution in [2.45, 2.75) is 13.5 Å². The number of aryl methyl sites for hydroxylation is 1. The average Bonchev–Trinajstić information content (AvgIpc) is 2.82. The highest BCUT2D eigenvalue weighted by Gasteiger charge is 2.12. The van der Waals surface area contributed by atoms with E-state index in [9.17, 15) is 4.79 Å². The lowest BCUT2D eigenvalue weighted by atomic mass is 10.2. The number of hydrogen-bond donors (Lipinski definition) is 2. The maximum Gasteiger partial charge on any atom is 0.253 e. The van der Waals surface area contributed by atoms with Gasteiger partial charge in [-0.15, -0.1) is 0 Å². The van der Waals surface area contributed by atoms with Crippen LogP contribution in [0.5, 0.6) is 0 Å². The van der Waals surface area contributed by atoms with Crippen molar-refractivity contribution in [1.82, 2.24) is 15.3 Å². The van der Waals surface area contributed by atoms with Crippen molar-refractivity contribution in [3.05, 3.63) is 40.7 Å². The van der Waals surface area contributed by atoms with E-state index in [0.717, 1.165) is 0 Å². The molecule has 0 aliphatic heterocycles. The number of carbonyl (C=O) groups is 1. The third-order valence-corrected chi connectivity index (χ3v) is 2.73. The van der Waals surface area contributed by atoms with Crippen molar-refractivity contribution in [3.63, 3.8) is 0 Å². The Morgan fingerprint density at radius 1 is 1.42 bits per heavy atom. The number of halogens is 1. The summed E-state index contributed by atoms with van der Waals surface area (Å²) in [6.07, 6.45) is 3.03. The monoisotopic (exact) mass is 280 g/mol. The molecule has 2 aromatic rings. The molecule has 0 spiro atoms. The van der Waals surface area contributed by atoms with Crippen molar-refractivity contribution < 1.29 is 9.21 Å². The van der Waals surface area contributed by atoms with E-state index in [4.69, 9.17) is 16.0 Å². The molecule has 2 N–H and O–H groups in total. The summed E-state index contributed by atoms with van der Waals surface area (Å²) in [5.74, 6) is 1.41. The second kappa shape index (κ2) is 5.71. The van der Waals surface area contributed by atoms with Gasteiger partial charge in [0.1, 0.15) is 11.6 Å². The van der Waals surface area contributed by atoms with E-state index in [1.807, 2.05) is 0 Å². The van der Waals surface area contributed by atoms with Crippen LogP contribution >= 0.6 is 11.6 Å². The molecule has 1 amide bonds. The summed E-state index contributed by atoms with van der Waals surface area (Å²) in [7, 11) is 1.72. The molecular weight excluding hydrogens is 268 g/mol. The van der Waals surface area contributed by atoms with E-state index in [2.05, 4.69) is 20.6 Å². The second-order valence-electron chi connectivity index (χ2n) is 3.85.